The van der Waals surface area contributed by atoms with Crippen LogP contribution in [0.4, 0.5) is 0 Å². The van der Waals surface area contributed by atoms with Gasteiger partial charge in [-0.05, 0) is 41.0 Å². The zero-order valence-electron chi connectivity index (χ0n) is 21.7. The summed E-state index contributed by atoms with van der Waals surface area (Å²) in [6.45, 7) is 13.9. The number of benzene rings is 1. The van der Waals surface area contributed by atoms with Crippen molar-refractivity contribution in [3.63, 3.8) is 0 Å². The van der Waals surface area contributed by atoms with Gasteiger partial charge in [-0.25, -0.2) is 4.79 Å². The van der Waals surface area contributed by atoms with Gasteiger partial charge in [0.25, 0.3) is 0 Å². The lowest BCUT2D eigenvalue weighted by Gasteiger charge is -2.37. The van der Waals surface area contributed by atoms with E-state index in [1.165, 1.54) is 32.9 Å². The predicted octanol–water partition coefficient (Wildman–Crippen LogP) is 5.43. The Kier molecular flexibility index (Phi) is 9.83. The van der Waals surface area contributed by atoms with Crippen LogP contribution in [-0.2, 0) is 15.3 Å². The van der Waals surface area contributed by atoms with Gasteiger partial charge in [-0.3, -0.25) is 4.79 Å². The summed E-state index contributed by atoms with van der Waals surface area (Å²) in [6.07, 6.45) is 0. The molecule has 12 heteroatoms. The number of esters is 1. The lowest BCUT2D eigenvalue weighted by atomic mass is 10.1. The van der Waals surface area contributed by atoms with E-state index in [0.29, 0.717) is 50.3 Å². The maximum Gasteiger partial charge on any atom is 0.339 e. The van der Waals surface area contributed by atoms with Crippen LogP contribution in [0.5, 0.6) is 11.5 Å². The fraction of sp³-hybridized carbons (Fsp3) is 0.565. The first-order chi connectivity index (χ1) is 16.2. The molecule has 0 fully saturated rings. The summed E-state index contributed by atoms with van der Waals surface area (Å²) in [5.74, 6) is 1.99. The van der Waals surface area contributed by atoms with E-state index in [9.17, 15) is 9.59 Å². The van der Waals surface area contributed by atoms with Crippen LogP contribution in [0.2, 0.25) is 18.1 Å². The molecule has 1 N–H and O–H groups in total. The molecule has 0 bridgehead atoms. The van der Waals surface area contributed by atoms with Gasteiger partial charge in [0.2, 0.25) is 20.1 Å². The van der Waals surface area contributed by atoms with Gasteiger partial charge in [0, 0.05) is 30.1 Å². The van der Waals surface area contributed by atoms with Crippen LogP contribution in [0.15, 0.2) is 15.1 Å². The van der Waals surface area contributed by atoms with E-state index >= 15 is 0 Å². The van der Waals surface area contributed by atoms with Crippen LogP contribution in [0.1, 0.15) is 61.4 Å². The second-order valence-electron chi connectivity index (χ2n) is 9.55. The molecule has 1 aromatic heterocycles. The van der Waals surface area contributed by atoms with Gasteiger partial charge in [-0.2, -0.15) is 16.7 Å². The molecule has 0 aliphatic carbocycles. The molecular formula is C23H34BrN3O6SSi. The molecule has 0 saturated heterocycles. The number of ether oxygens (including phenoxy) is 2. The molecule has 1 amide bonds. The number of thioether (sulfide) groups is 1. The second kappa shape index (κ2) is 11.8. The van der Waals surface area contributed by atoms with Crippen molar-refractivity contribution in [1.29, 1.82) is 0 Å². The summed E-state index contributed by atoms with van der Waals surface area (Å²) in [5.41, 5.74) is 1.03. The molecule has 1 atom stereocenters. The van der Waals surface area contributed by atoms with E-state index in [0.717, 1.165) is 0 Å². The first kappa shape index (κ1) is 29.2. The molecule has 0 radical (unpaired) electrons. The number of aromatic nitrogens is 2. The summed E-state index contributed by atoms with van der Waals surface area (Å²) in [5, 5.41) is 6.61. The number of rotatable bonds is 10. The molecule has 0 spiro atoms. The van der Waals surface area contributed by atoms with Crippen LogP contribution < -0.4 is 14.5 Å². The Morgan fingerprint density at radius 2 is 1.91 bits per heavy atom. The van der Waals surface area contributed by atoms with Crippen LogP contribution in [0, 0.1) is 6.92 Å². The standard InChI is InChI=1S/C23H34BrN3O6SSi/c1-13-25-21(32-27-13)16(26-14(2)28)12-34-11-15-17(33-35(8,9)23(3,4)5)10-18(30-6)20(24)19(15)22(29)31-7/h10,16H,11-12H2,1-9H3,(H,26,28). The van der Waals surface area contributed by atoms with Crippen LogP contribution in [-0.4, -0.2) is 50.3 Å². The smallest absolute Gasteiger partial charge is 0.339 e. The Morgan fingerprint density at radius 3 is 2.40 bits per heavy atom. The quantitative estimate of drug-likeness (QED) is 0.287. The maximum absolute atomic E-state index is 12.9. The van der Waals surface area contributed by atoms with Crippen molar-refractivity contribution in [2.24, 2.45) is 0 Å². The highest BCUT2D eigenvalue weighted by Crippen LogP contribution is 2.44. The van der Waals surface area contributed by atoms with Gasteiger partial charge >= 0.3 is 5.97 Å². The predicted molar refractivity (Wildman–Crippen MR) is 142 cm³/mol. The van der Waals surface area contributed by atoms with Crippen LogP contribution >= 0.6 is 27.7 Å². The average molecular weight is 589 g/mol. The summed E-state index contributed by atoms with van der Waals surface area (Å²) in [7, 11) is 0.622. The number of methoxy groups -OCH3 is 2. The zero-order chi connectivity index (χ0) is 26.6. The number of aryl methyl sites for hydroxylation is 1. The van der Waals surface area contributed by atoms with Crippen molar-refractivity contribution in [2.45, 2.75) is 64.5 Å². The molecule has 194 valence electrons. The van der Waals surface area contributed by atoms with E-state index < -0.39 is 20.3 Å². The van der Waals surface area contributed by atoms with Crippen LogP contribution in [0.25, 0.3) is 0 Å². The molecular weight excluding hydrogens is 554 g/mol. The Balaban J connectivity index is 2.48. The first-order valence-electron chi connectivity index (χ1n) is 11.0. The second-order valence-corrected chi connectivity index (χ2v) is 16.1. The summed E-state index contributed by atoms with van der Waals surface area (Å²) in [4.78, 5) is 28.9. The van der Waals surface area contributed by atoms with E-state index in [1.807, 2.05) is 0 Å². The van der Waals surface area contributed by atoms with Gasteiger partial charge in [0.05, 0.1) is 24.3 Å². The molecule has 35 heavy (non-hydrogen) atoms. The third kappa shape index (κ3) is 7.23. The van der Waals surface area contributed by atoms with Crippen molar-refractivity contribution in [3.05, 3.63) is 33.4 Å². The molecule has 0 aliphatic rings. The molecule has 1 aromatic carbocycles. The lowest BCUT2D eigenvalue weighted by Crippen LogP contribution is -2.44. The SMILES string of the molecule is COC(=O)c1c(Br)c(OC)cc(O[Si](C)(C)C(C)(C)C)c1CSCC(NC(C)=O)c1nc(C)no1. The van der Waals surface area contributed by atoms with Gasteiger partial charge in [0.15, 0.2) is 5.82 Å². The number of hydrogen-bond donors (Lipinski definition) is 1. The third-order valence-electron chi connectivity index (χ3n) is 5.83. The van der Waals surface area contributed by atoms with Gasteiger partial charge in [-0.1, -0.05) is 25.9 Å². The number of carbonyl (C=O) groups is 2. The third-order valence-corrected chi connectivity index (χ3v) is 12.0. The molecule has 1 unspecified atom stereocenters. The van der Waals surface area contributed by atoms with E-state index in [2.05, 4.69) is 65.3 Å². The Bertz CT molecular complexity index is 1070. The largest absolute Gasteiger partial charge is 0.543 e. The summed E-state index contributed by atoms with van der Waals surface area (Å²) in [6, 6.07) is 1.33. The molecule has 0 saturated carbocycles. The lowest BCUT2D eigenvalue weighted by molar-refractivity contribution is -0.119. The number of nitrogens with one attached hydrogen (secondary N) is 1. The van der Waals surface area contributed by atoms with E-state index in [1.54, 1.807) is 13.0 Å². The van der Waals surface area contributed by atoms with Gasteiger partial charge < -0.3 is 23.7 Å². The highest BCUT2D eigenvalue weighted by atomic mass is 79.9. The molecule has 1 heterocycles. The maximum atomic E-state index is 12.9. The molecule has 2 rings (SSSR count). The number of halogens is 1. The first-order valence-corrected chi connectivity index (χ1v) is 15.9. The van der Waals surface area contributed by atoms with Crippen molar-refractivity contribution < 1.29 is 28.0 Å². The average Bonchev–Trinajstić information content (AvgIpc) is 3.19. The minimum atomic E-state index is -2.25. The number of nitrogens with zero attached hydrogens (tertiary/aromatic N) is 2. The summed E-state index contributed by atoms with van der Waals surface area (Å²) >= 11 is 5.01. The van der Waals surface area contributed by atoms with Crippen LogP contribution in [0.3, 0.4) is 0 Å². The Morgan fingerprint density at radius 1 is 1.26 bits per heavy atom. The Labute approximate surface area is 220 Å². The highest BCUT2D eigenvalue weighted by molar-refractivity contribution is 9.10. The number of hydrogen-bond acceptors (Lipinski definition) is 9. The van der Waals surface area contributed by atoms with E-state index in [4.69, 9.17) is 18.4 Å². The van der Waals surface area contributed by atoms with Crippen molar-refractivity contribution in [3.8, 4) is 11.5 Å². The minimum absolute atomic E-state index is 0.0601. The number of amides is 1. The van der Waals surface area contributed by atoms with Crippen molar-refractivity contribution in [1.82, 2.24) is 15.5 Å². The van der Waals surface area contributed by atoms with E-state index in [-0.39, 0.29) is 10.9 Å². The fourth-order valence-corrected chi connectivity index (χ4v) is 5.71. The Hall–Kier alpha value is -2.05. The number of carbonyl (C=O) groups excluding carboxylic acids is 2. The van der Waals surface area contributed by atoms with Crippen molar-refractivity contribution >= 4 is 47.9 Å². The molecule has 0 aliphatic heterocycles. The van der Waals surface area contributed by atoms with Gasteiger partial charge in [0.1, 0.15) is 17.5 Å². The molecule has 9 nitrogen and oxygen atoms in total. The highest BCUT2D eigenvalue weighted by Gasteiger charge is 2.40. The van der Waals surface area contributed by atoms with Crippen molar-refractivity contribution in [2.75, 3.05) is 20.0 Å². The van der Waals surface area contributed by atoms with Gasteiger partial charge in [-0.15, -0.1) is 0 Å². The molecule has 2 aromatic rings. The minimum Gasteiger partial charge on any atom is -0.543 e. The monoisotopic (exact) mass is 587 g/mol. The fourth-order valence-electron chi connectivity index (χ4n) is 2.93. The zero-order valence-corrected chi connectivity index (χ0v) is 25.1. The summed E-state index contributed by atoms with van der Waals surface area (Å²) < 4.78 is 23.0. The normalized spacial score (nSPS) is 12.7. The topological polar surface area (TPSA) is 113 Å².